The maximum Gasteiger partial charge on any atom is 0.126 e. The topological polar surface area (TPSA) is 29.5 Å². The van der Waals surface area contributed by atoms with Crippen molar-refractivity contribution in [3.8, 4) is 5.75 Å². The molecule has 2 fully saturated rings. The Balaban J connectivity index is 0.00000231. The maximum absolute atomic E-state index is 12.5. The first kappa shape index (κ1) is 22.1. The van der Waals surface area contributed by atoms with Crippen molar-refractivity contribution in [3.05, 3.63) is 102 Å². The maximum atomic E-state index is 12.5. The van der Waals surface area contributed by atoms with Gasteiger partial charge in [-0.3, -0.25) is 0 Å². The third-order valence-corrected chi connectivity index (χ3v) is 7.57. The fraction of sp³-hybridized carbons (Fsp3) is 0.333. The molecule has 0 spiro atoms. The first-order valence-electron chi connectivity index (χ1n) is 10.9. The van der Waals surface area contributed by atoms with Crippen molar-refractivity contribution < 1.29 is 31.3 Å². The summed E-state index contributed by atoms with van der Waals surface area (Å²) in [7, 11) is 1.72. The molecule has 162 valence electrons. The molecule has 2 heterocycles. The van der Waals surface area contributed by atoms with Crippen molar-refractivity contribution >= 4 is 0 Å². The number of nitrogens with zero attached hydrogens (tertiary/aromatic N) is 1. The molecule has 0 radical (unpaired) electrons. The lowest BCUT2D eigenvalue weighted by atomic mass is 9.63. The number of fused-ring (bicyclic) bond motifs is 2. The lowest BCUT2D eigenvalue weighted by Gasteiger charge is -2.42. The number of ether oxygens (including phenoxy) is 1. The van der Waals surface area contributed by atoms with Crippen LogP contribution in [0.25, 0.3) is 0 Å². The predicted octanol–water partition coefficient (Wildman–Crippen LogP) is 1.75. The molecule has 31 heavy (non-hydrogen) atoms. The van der Waals surface area contributed by atoms with Crippen LogP contribution in [0.1, 0.15) is 29.5 Å². The van der Waals surface area contributed by atoms with Crippen molar-refractivity contribution in [3.63, 3.8) is 0 Å². The van der Waals surface area contributed by atoms with Gasteiger partial charge in [-0.25, -0.2) is 0 Å². The highest BCUT2D eigenvalue weighted by Crippen LogP contribution is 2.58. The molecule has 2 aliphatic rings. The van der Waals surface area contributed by atoms with Crippen LogP contribution in [0.15, 0.2) is 84.9 Å². The second kappa shape index (κ2) is 8.42. The molecule has 0 aliphatic carbocycles. The van der Waals surface area contributed by atoms with E-state index in [2.05, 4.69) is 42.5 Å². The summed E-state index contributed by atoms with van der Waals surface area (Å²) in [4.78, 5) is 0. The molecule has 3 nitrogen and oxygen atoms in total. The van der Waals surface area contributed by atoms with Gasteiger partial charge in [0.2, 0.25) is 0 Å². The van der Waals surface area contributed by atoms with E-state index in [4.69, 9.17) is 4.74 Å². The molecule has 0 atom stereocenters. The number of halogens is 1. The van der Waals surface area contributed by atoms with Crippen LogP contribution >= 0.6 is 0 Å². The van der Waals surface area contributed by atoms with Gasteiger partial charge in [0.05, 0.1) is 32.2 Å². The van der Waals surface area contributed by atoms with Crippen LogP contribution in [0.4, 0.5) is 0 Å². The second-order valence-corrected chi connectivity index (χ2v) is 9.18. The Hall–Kier alpha value is -2.14. The summed E-state index contributed by atoms with van der Waals surface area (Å²) in [5.41, 5.74) is 2.23. The summed E-state index contributed by atoms with van der Waals surface area (Å²) >= 11 is 0. The van der Waals surface area contributed by atoms with Crippen molar-refractivity contribution in [1.82, 2.24) is 0 Å². The van der Waals surface area contributed by atoms with Crippen LogP contribution in [0, 0.1) is 5.41 Å². The molecule has 2 bridgehead atoms. The van der Waals surface area contributed by atoms with Gasteiger partial charge >= 0.3 is 0 Å². The van der Waals surface area contributed by atoms with Crippen LogP contribution in [-0.2, 0) is 12.1 Å². The first-order chi connectivity index (χ1) is 14.6. The molecule has 2 saturated heterocycles. The van der Waals surface area contributed by atoms with Crippen molar-refractivity contribution in [1.29, 1.82) is 0 Å². The van der Waals surface area contributed by atoms with Crippen LogP contribution in [-0.4, -0.2) is 36.3 Å². The van der Waals surface area contributed by atoms with Gasteiger partial charge < -0.3 is 31.3 Å². The van der Waals surface area contributed by atoms with Crippen molar-refractivity contribution in [2.45, 2.75) is 25.0 Å². The molecule has 0 amide bonds. The van der Waals surface area contributed by atoms with Gasteiger partial charge in [0.15, 0.2) is 0 Å². The van der Waals surface area contributed by atoms with Gasteiger partial charge in [0.25, 0.3) is 0 Å². The van der Waals surface area contributed by atoms with Crippen LogP contribution in [0.2, 0.25) is 0 Å². The number of rotatable bonds is 6. The highest BCUT2D eigenvalue weighted by molar-refractivity contribution is 5.40. The van der Waals surface area contributed by atoms with E-state index in [-0.39, 0.29) is 22.4 Å². The Morgan fingerprint density at radius 1 is 0.871 bits per heavy atom. The third kappa shape index (κ3) is 3.61. The second-order valence-electron chi connectivity index (χ2n) is 9.18. The van der Waals surface area contributed by atoms with E-state index < -0.39 is 5.60 Å². The summed E-state index contributed by atoms with van der Waals surface area (Å²) in [5, 5.41) is 12.5. The minimum atomic E-state index is -0.972. The van der Waals surface area contributed by atoms with E-state index in [9.17, 15) is 5.11 Å². The molecular formula is C27H30BrNO2. The summed E-state index contributed by atoms with van der Waals surface area (Å²) < 4.78 is 6.49. The molecule has 4 heteroatoms. The Kier molecular flexibility index (Phi) is 5.99. The highest BCUT2D eigenvalue weighted by Gasteiger charge is 2.65. The standard InChI is InChI=1S/C27H30NO2.BrH/c1-30-25-14-8-9-22(19-25)20-28-17-15-26(21-28,16-18-28)27(29,23-10-4-2-5-11-23)24-12-6-3-7-13-24;/h2-14,19,29H,15-18,20-21H2,1H3;1H/q+1;/p-1. The zero-order chi connectivity index (χ0) is 20.7. The number of aliphatic hydroxyl groups is 1. The van der Waals surface area contributed by atoms with Gasteiger partial charge in [-0.05, 0) is 23.3 Å². The van der Waals surface area contributed by atoms with Crippen LogP contribution in [0.3, 0.4) is 0 Å². The number of hydrogen-bond donors (Lipinski definition) is 1. The molecule has 3 aromatic rings. The summed E-state index contributed by atoms with van der Waals surface area (Å²) in [6.45, 7) is 4.22. The predicted molar refractivity (Wildman–Crippen MR) is 119 cm³/mol. The Labute approximate surface area is 195 Å². The minimum Gasteiger partial charge on any atom is -1.00 e. The van der Waals surface area contributed by atoms with E-state index >= 15 is 0 Å². The van der Waals surface area contributed by atoms with Crippen molar-refractivity contribution in [2.75, 3.05) is 26.7 Å². The van der Waals surface area contributed by atoms with E-state index in [1.54, 1.807) is 7.11 Å². The molecule has 5 rings (SSSR count). The Morgan fingerprint density at radius 3 is 2.00 bits per heavy atom. The zero-order valence-corrected chi connectivity index (χ0v) is 19.6. The summed E-state index contributed by atoms with van der Waals surface area (Å²) in [5.74, 6) is 0.917. The van der Waals surface area contributed by atoms with E-state index in [1.165, 1.54) is 5.56 Å². The average molecular weight is 480 g/mol. The van der Waals surface area contributed by atoms with Gasteiger partial charge in [0.1, 0.15) is 17.9 Å². The lowest BCUT2D eigenvalue weighted by Crippen LogP contribution is -3.00. The molecule has 0 aromatic heterocycles. The lowest BCUT2D eigenvalue weighted by molar-refractivity contribution is -0.922. The highest BCUT2D eigenvalue weighted by atomic mass is 79.9. The number of quaternary nitrogens is 1. The molecule has 3 aromatic carbocycles. The van der Waals surface area contributed by atoms with Crippen molar-refractivity contribution in [2.24, 2.45) is 5.41 Å². The Bertz CT molecular complexity index is 974. The number of methoxy groups -OCH3 is 1. The quantitative estimate of drug-likeness (QED) is 0.545. The first-order valence-corrected chi connectivity index (χ1v) is 10.9. The Morgan fingerprint density at radius 2 is 1.45 bits per heavy atom. The number of piperidine rings is 1. The van der Waals surface area contributed by atoms with Crippen LogP contribution < -0.4 is 21.7 Å². The van der Waals surface area contributed by atoms with E-state index in [1.807, 2.05) is 42.5 Å². The SMILES string of the molecule is COc1cccc(C[N+]23CCC(C(O)(c4ccccc4)c4ccccc4)(CC2)C3)c1.[Br-]. The minimum absolute atomic E-state index is 0. The van der Waals surface area contributed by atoms with Crippen LogP contribution in [0.5, 0.6) is 5.75 Å². The van der Waals surface area contributed by atoms with Gasteiger partial charge in [-0.1, -0.05) is 72.8 Å². The van der Waals surface area contributed by atoms with E-state index in [0.29, 0.717) is 0 Å². The summed E-state index contributed by atoms with van der Waals surface area (Å²) in [6, 6.07) is 29.0. The zero-order valence-electron chi connectivity index (χ0n) is 18.0. The smallest absolute Gasteiger partial charge is 0.126 e. The van der Waals surface area contributed by atoms with Gasteiger partial charge in [0, 0.05) is 18.4 Å². The molecule has 2 aliphatic heterocycles. The number of hydrogen-bond acceptors (Lipinski definition) is 2. The largest absolute Gasteiger partial charge is 1.00 e. The molecular weight excluding hydrogens is 450 g/mol. The van der Waals surface area contributed by atoms with E-state index in [0.717, 1.165) is 60.4 Å². The fourth-order valence-corrected chi connectivity index (χ4v) is 6.08. The van der Waals surface area contributed by atoms with Gasteiger partial charge in [-0.15, -0.1) is 0 Å². The molecule has 1 N–H and O–H groups in total. The third-order valence-electron chi connectivity index (χ3n) is 7.57. The molecule has 0 saturated carbocycles. The number of benzene rings is 3. The fourth-order valence-electron chi connectivity index (χ4n) is 6.08. The average Bonchev–Trinajstić information content (AvgIpc) is 3.37. The van der Waals surface area contributed by atoms with Gasteiger partial charge in [-0.2, -0.15) is 0 Å². The monoisotopic (exact) mass is 479 g/mol. The summed E-state index contributed by atoms with van der Waals surface area (Å²) in [6.07, 6.45) is 2.08. The normalized spacial score (nSPS) is 24.6. The molecule has 0 unspecified atom stereocenters.